The lowest BCUT2D eigenvalue weighted by Gasteiger charge is -2.34. The molecule has 1 fully saturated rings. The van der Waals surface area contributed by atoms with Crippen LogP contribution in [0.3, 0.4) is 0 Å². The summed E-state index contributed by atoms with van der Waals surface area (Å²) in [6.07, 6.45) is 1.59. The van der Waals surface area contributed by atoms with Crippen molar-refractivity contribution in [1.82, 2.24) is 19.0 Å². The summed E-state index contributed by atoms with van der Waals surface area (Å²) in [5.74, 6) is 0.221. The van der Waals surface area contributed by atoms with E-state index >= 15 is 0 Å². The zero-order valence-corrected chi connectivity index (χ0v) is 19.4. The maximum Gasteiger partial charge on any atom is 0.257 e. The first-order valence-corrected chi connectivity index (χ1v) is 12.2. The van der Waals surface area contributed by atoms with Crippen molar-refractivity contribution in [2.75, 3.05) is 26.2 Å². The summed E-state index contributed by atoms with van der Waals surface area (Å²) in [5, 5.41) is 4.38. The topological polar surface area (TPSA) is 75.5 Å². The van der Waals surface area contributed by atoms with Crippen molar-refractivity contribution >= 4 is 15.9 Å². The molecule has 0 aliphatic carbocycles. The Labute approximate surface area is 189 Å². The number of amides is 1. The molecule has 7 nitrogen and oxygen atoms in total. The number of hydrogen-bond acceptors (Lipinski definition) is 4. The highest BCUT2D eigenvalue weighted by molar-refractivity contribution is 7.89. The SMILES string of the molecule is Cc1c(C(=O)N2CCN(S(=O)(=O)c3ccc(C(C)C)cc3)CC2)cnn1-c1ccccc1. The molecule has 2 aromatic carbocycles. The lowest BCUT2D eigenvalue weighted by Crippen LogP contribution is -2.50. The minimum atomic E-state index is -3.58. The third-order valence-corrected chi connectivity index (χ3v) is 7.86. The highest BCUT2D eigenvalue weighted by Gasteiger charge is 2.31. The molecule has 8 heteroatoms. The van der Waals surface area contributed by atoms with E-state index in [1.165, 1.54) is 4.31 Å². The van der Waals surface area contributed by atoms with Crippen LogP contribution in [0, 0.1) is 6.92 Å². The van der Waals surface area contributed by atoms with Crippen LogP contribution in [-0.2, 0) is 10.0 Å². The van der Waals surface area contributed by atoms with Crippen LogP contribution in [0.4, 0.5) is 0 Å². The largest absolute Gasteiger partial charge is 0.336 e. The van der Waals surface area contributed by atoms with Gasteiger partial charge in [-0.25, -0.2) is 13.1 Å². The highest BCUT2D eigenvalue weighted by atomic mass is 32.2. The number of carbonyl (C=O) groups excluding carboxylic acids is 1. The van der Waals surface area contributed by atoms with Crippen LogP contribution in [-0.4, -0.2) is 59.5 Å². The van der Waals surface area contributed by atoms with Gasteiger partial charge in [0.15, 0.2) is 0 Å². The van der Waals surface area contributed by atoms with E-state index < -0.39 is 10.0 Å². The monoisotopic (exact) mass is 452 g/mol. The molecular weight excluding hydrogens is 424 g/mol. The zero-order valence-electron chi connectivity index (χ0n) is 18.6. The predicted octanol–water partition coefficient (Wildman–Crippen LogP) is 3.45. The first-order valence-electron chi connectivity index (χ1n) is 10.8. The van der Waals surface area contributed by atoms with E-state index in [4.69, 9.17) is 0 Å². The van der Waals surface area contributed by atoms with Crippen LogP contribution >= 0.6 is 0 Å². The van der Waals surface area contributed by atoms with Crippen LogP contribution in [0.5, 0.6) is 0 Å². The summed E-state index contributed by atoms with van der Waals surface area (Å²) in [7, 11) is -3.58. The van der Waals surface area contributed by atoms with Crippen molar-refractivity contribution in [1.29, 1.82) is 0 Å². The molecule has 1 amide bonds. The summed E-state index contributed by atoms with van der Waals surface area (Å²) in [6.45, 7) is 7.25. The summed E-state index contributed by atoms with van der Waals surface area (Å²) < 4.78 is 29.3. The van der Waals surface area contributed by atoms with Gasteiger partial charge in [0.2, 0.25) is 10.0 Å². The Morgan fingerprint density at radius 1 is 0.938 bits per heavy atom. The first kappa shape index (κ1) is 22.2. The Hall–Kier alpha value is -2.97. The fraction of sp³-hybridized carbons (Fsp3) is 0.333. The number of piperazine rings is 1. The number of aromatic nitrogens is 2. The molecule has 0 spiro atoms. The number of carbonyl (C=O) groups is 1. The van der Waals surface area contributed by atoms with Gasteiger partial charge in [-0.05, 0) is 42.7 Å². The van der Waals surface area contributed by atoms with Crippen LogP contribution < -0.4 is 0 Å². The van der Waals surface area contributed by atoms with Gasteiger partial charge < -0.3 is 4.90 Å². The Kier molecular flexibility index (Phi) is 6.17. The molecule has 0 atom stereocenters. The Balaban J connectivity index is 1.45. The van der Waals surface area contributed by atoms with Crippen LogP contribution in [0.15, 0.2) is 65.7 Å². The van der Waals surface area contributed by atoms with Gasteiger partial charge in [0.1, 0.15) is 0 Å². The fourth-order valence-corrected chi connectivity index (χ4v) is 5.35. The third kappa shape index (κ3) is 4.20. The minimum absolute atomic E-state index is 0.122. The molecule has 1 aliphatic heterocycles. The van der Waals surface area contributed by atoms with Gasteiger partial charge in [-0.2, -0.15) is 9.40 Å². The second-order valence-electron chi connectivity index (χ2n) is 8.31. The Bertz CT molecular complexity index is 1190. The van der Waals surface area contributed by atoms with Crippen LogP contribution in [0.25, 0.3) is 5.69 Å². The average molecular weight is 453 g/mol. The highest BCUT2D eigenvalue weighted by Crippen LogP contribution is 2.22. The molecule has 32 heavy (non-hydrogen) atoms. The van der Waals surface area contributed by atoms with E-state index in [0.29, 0.717) is 29.5 Å². The molecule has 2 heterocycles. The lowest BCUT2D eigenvalue weighted by molar-refractivity contribution is 0.0697. The second-order valence-corrected chi connectivity index (χ2v) is 10.2. The molecule has 1 saturated heterocycles. The zero-order chi connectivity index (χ0) is 22.9. The van der Waals surface area contributed by atoms with Crippen molar-refractivity contribution in [3.05, 3.63) is 77.6 Å². The summed E-state index contributed by atoms with van der Waals surface area (Å²) >= 11 is 0. The molecule has 1 aliphatic rings. The van der Waals surface area contributed by atoms with E-state index in [-0.39, 0.29) is 19.0 Å². The maximum absolute atomic E-state index is 13.1. The maximum atomic E-state index is 13.1. The van der Waals surface area contributed by atoms with Crippen molar-refractivity contribution in [2.24, 2.45) is 0 Å². The molecule has 0 N–H and O–H groups in total. The van der Waals surface area contributed by atoms with Crippen molar-refractivity contribution in [3.63, 3.8) is 0 Å². The van der Waals surface area contributed by atoms with Crippen LogP contribution in [0.1, 0.15) is 41.4 Å². The van der Waals surface area contributed by atoms with E-state index in [1.54, 1.807) is 27.9 Å². The molecule has 0 unspecified atom stereocenters. The molecular formula is C24H28N4O3S. The van der Waals surface area contributed by atoms with E-state index in [0.717, 1.165) is 16.9 Å². The van der Waals surface area contributed by atoms with E-state index in [2.05, 4.69) is 18.9 Å². The number of rotatable bonds is 5. The van der Waals surface area contributed by atoms with Gasteiger partial charge in [0, 0.05) is 26.2 Å². The van der Waals surface area contributed by atoms with E-state index in [1.807, 2.05) is 49.4 Å². The summed E-state index contributed by atoms with van der Waals surface area (Å²) in [6, 6.07) is 16.7. The van der Waals surface area contributed by atoms with Gasteiger partial charge in [-0.1, -0.05) is 44.2 Å². The quantitative estimate of drug-likeness (QED) is 0.594. The standard InChI is InChI=1S/C24H28N4O3S/c1-18(2)20-9-11-22(12-10-20)32(30,31)27-15-13-26(14-16-27)24(29)23-17-25-28(19(23)3)21-7-5-4-6-8-21/h4-12,17-18H,13-16H2,1-3H3. The van der Waals surface area contributed by atoms with Gasteiger partial charge in [-0.3, -0.25) is 4.79 Å². The van der Waals surface area contributed by atoms with Gasteiger partial charge >= 0.3 is 0 Å². The number of benzene rings is 2. The Morgan fingerprint density at radius 2 is 1.56 bits per heavy atom. The Morgan fingerprint density at radius 3 is 2.16 bits per heavy atom. The number of para-hydroxylation sites is 1. The molecule has 0 saturated carbocycles. The van der Waals surface area contributed by atoms with Crippen molar-refractivity contribution in [2.45, 2.75) is 31.6 Å². The molecule has 4 rings (SSSR count). The predicted molar refractivity (Wildman–Crippen MR) is 123 cm³/mol. The number of sulfonamides is 1. The molecule has 1 aromatic heterocycles. The summed E-state index contributed by atoms with van der Waals surface area (Å²) in [5.41, 5.74) is 3.30. The van der Waals surface area contributed by atoms with Crippen molar-refractivity contribution < 1.29 is 13.2 Å². The lowest BCUT2D eigenvalue weighted by atomic mass is 10.0. The average Bonchev–Trinajstić information content (AvgIpc) is 3.20. The van der Waals surface area contributed by atoms with Gasteiger partial charge in [0.25, 0.3) is 5.91 Å². The molecule has 168 valence electrons. The molecule has 3 aromatic rings. The normalized spacial score (nSPS) is 15.3. The summed E-state index contributed by atoms with van der Waals surface area (Å²) in [4.78, 5) is 15.1. The van der Waals surface area contributed by atoms with Gasteiger partial charge in [-0.15, -0.1) is 0 Å². The number of nitrogens with zero attached hydrogens (tertiary/aromatic N) is 4. The van der Waals surface area contributed by atoms with E-state index in [9.17, 15) is 13.2 Å². The van der Waals surface area contributed by atoms with Gasteiger partial charge in [0.05, 0.1) is 28.0 Å². The minimum Gasteiger partial charge on any atom is -0.336 e. The second kappa shape index (κ2) is 8.88. The first-order chi connectivity index (χ1) is 15.3. The molecule has 0 bridgehead atoms. The third-order valence-electron chi connectivity index (χ3n) is 5.95. The fourth-order valence-electron chi connectivity index (χ4n) is 3.92. The van der Waals surface area contributed by atoms with Crippen molar-refractivity contribution in [3.8, 4) is 5.69 Å². The molecule has 0 radical (unpaired) electrons. The van der Waals surface area contributed by atoms with Crippen LogP contribution in [0.2, 0.25) is 0 Å². The smallest absolute Gasteiger partial charge is 0.257 e. The number of hydrogen-bond donors (Lipinski definition) is 0.